The molecular formula is C36H50Cl2N2O4. The minimum absolute atomic E-state index is 0. The fourth-order valence-electron chi connectivity index (χ4n) is 7.16. The number of quaternary nitrogens is 2. The maximum Gasteiger partial charge on any atom is 0.137 e. The smallest absolute Gasteiger partial charge is 0.137 e. The second-order valence-electron chi connectivity index (χ2n) is 12.8. The maximum atomic E-state index is 11.0. The van der Waals surface area contributed by atoms with Crippen molar-refractivity contribution in [2.45, 2.75) is 63.8 Å². The molecule has 3 aromatic rings. The second kappa shape index (κ2) is 18.0. The van der Waals surface area contributed by atoms with Crippen LogP contribution in [0.2, 0.25) is 0 Å². The number of piperidine rings is 2. The van der Waals surface area contributed by atoms with Crippen LogP contribution in [-0.2, 0) is 13.1 Å². The van der Waals surface area contributed by atoms with Crippen LogP contribution >= 0.6 is 0 Å². The first-order valence-corrected chi connectivity index (χ1v) is 16.0. The van der Waals surface area contributed by atoms with Gasteiger partial charge in [0.05, 0.1) is 26.2 Å². The Kier molecular flexibility index (Phi) is 14.8. The van der Waals surface area contributed by atoms with Gasteiger partial charge in [0.2, 0.25) is 0 Å². The number of hydrogen-bond acceptors (Lipinski definition) is 4. The average Bonchev–Trinajstić information content (AvgIpc) is 3.01. The van der Waals surface area contributed by atoms with Crippen LogP contribution in [0.25, 0.3) is 0 Å². The Bertz CT molecular complexity index is 1110. The Morgan fingerprint density at radius 2 is 0.909 bits per heavy atom. The van der Waals surface area contributed by atoms with Crippen LogP contribution < -0.4 is 34.3 Å². The first-order chi connectivity index (χ1) is 20.5. The number of hydrogen-bond donors (Lipinski definition) is 2. The predicted molar refractivity (Wildman–Crippen MR) is 167 cm³/mol. The molecular weight excluding hydrogens is 595 g/mol. The summed E-state index contributed by atoms with van der Waals surface area (Å²) in [6, 6.07) is 28.9. The Labute approximate surface area is 276 Å². The van der Waals surface area contributed by atoms with Crippen molar-refractivity contribution in [1.82, 2.24) is 0 Å². The van der Waals surface area contributed by atoms with E-state index >= 15 is 0 Å². The minimum Gasteiger partial charge on any atom is -1.00 e. The van der Waals surface area contributed by atoms with E-state index in [1.165, 1.54) is 49.7 Å². The van der Waals surface area contributed by atoms with Crippen molar-refractivity contribution in [2.24, 2.45) is 0 Å². The standard InChI is InChI=1S/C36H50N2O4.2ClH/c39-33(27-37(20-9-3-10-21-37)25-31-14-5-1-6-15-31)29-41-35-18-13-19-36(24-35)42-30-34(40)28-38(22-11-4-12-23-38)26-32-16-7-2-8-17-32;;/h1-2,5-8,13-19,24,33-34,39-40H,3-4,9-12,20-23,25-30H2;2*1H/q+2;;/p-2. The Hall–Kier alpha value is -2.32. The van der Waals surface area contributed by atoms with Gasteiger partial charge in [-0.1, -0.05) is 66.7 Å². The summed E-state index contributed by atoms with van der Waals surface area (Å²) in [4.78, 5) is 0. The van der Waals surface area contributed by atoms with Gasteiger partial charge < -0.3 is 53.5 Å². The molecule has 2 aliphatic heterocycles. The van der Waals surface area contributed by atoms with Crippen molar-refractivity contribution in [3.63, 3.8) is 0 Å². The van der Waals surface area contributed by atoms with E-state index in [1.54, 1.807) is 0 Å². The Morgan fingerprint density at radius 1 is 0.523 bits per heavy atom. The number of nitrogens with zero attached hydrogens (tertiary/aromatic N) is 2. The van der Waals surface area contributed by atoms with Gasteiger partial charge in [0.25, 0.3) is 0 Å². The molecule has 2 aliphatic rings. The molecule has 2 saturated heterocycles. The molecule has 2 heterocycles. The third kappa shape index (κ3) is 10.9. The lowest BCUT2D eigenvalue weighted by Crippen LogP contribution is -3.00. The molecule has 2 fully saturated rings. The van der Waals surface area contributed by atoms with Gasteiger partial charge in [0.1, 0.15) is 63.1 Å². The third-order valence-corrected chi connectivity index (χ3v) is 9.14. The van der Waals surface area contributed by atoms with E-state index in [-0.39, 0.29) is 38.0 Å². The quantitative estimate of drug-likeness (QED) is 0.234. The van der Waals surface area contributed by atoms with Gasteiger partial charge in [0.15, 0.2) is 0 Å². The minimum atomic E-state index is -0.549. The molecule has 0 saturated carbocycles. The summed E-state index contributed by atoms with van der Waals surface area (Å²) in [6.07, 6.45) is 6.27. The zero-order valence-corrected chi connectivity index (χ0v) is 27.4. The van der Waals surface area contributed by atoms with Crippen molar-refractivity contribution < 1.29 is 53.5 Å². The topological polar surface area (TPSA) is 58.9 Å². The van der Waals surface area contributed by atoms with Crippen LogP contribution in [0.1, 0.15) is 49.7 Å². The number of rotatable bonds is 14. The van der Waals surface area contributed by atoms with Gasteiger partial charge in [-0.3, -0.25) is 0 Å². The van der Waals surface area contributed by atoms with Crippen molar-refractivity contribution >= 4 is 0 Å². The SMILES string of the molecule is OC(COc1cccc(OCC(O)C[N+]2(Cc3ccccc3)CCCCC2)c1)C[N+]1(Cc2ccccc2)CCCCC1.[Cl-].[Cl-]. The van der Waals surface area contributed by atoms with E-state index < -0.39 is 12.2 Å². The number of halogens is 2. The lowest BCUT2D eigenvalue weighted by Gasteiger charge is -2.43. The highest BCUT2D eigenvalue weighted by Gasteiger charge is 2.34. The number of benzene rings is 3. The van der Waals surface area contributed by atoms with Crippen LogP contribution in [0.5, 0.6) is 11.5 Å². The summed E-state index contributed by atoms with van der Waals surface area (Å²) in [6.45, 7) is 8.20. The van der Waals surface area contributed by atoms with Crippen molar-refractivity contribution in [3.05, 3.63) is 96.1 Å². The fraction of sp³-hybridized carbons (Fsp3) is 0.500. The third-order valence-electron chi connectivity index (χ3n) is 9.14. The normalized spacial score (nSPS) is 18.6. The van der Waals surface area contributed by atoms with E-state index in [2.05, 4.69) is 60.7 Å². The molecule has 242 valence electrons. The molecule has 0 aromatic heterocycles. The highest BCUT2D eigenvalue weighted by atomic mass is 35.5. The molecule has 0 bridgehead atoms. The van der Waals surface area contributed by atoms with Gasteiger partial charge in [-0.15, -0.1) is 0 Å². The highest BCUT2D eigenvalue weighted by molar-refractivity contribution is 5.33. The zero-order chi connectivity index (χ0) is 29.1. The summed E-state index contributed by atoms with van der Waals surface area (Å²) in [7, 11) is 0. The molecule has 2 atom stereocenters. The van der Waals surface area contributed by atoms with E-state index in [4.69, 9.17) is 9.47 Å². The summed E-state index contributed by atoms with van der Waals surface area (Å²) in [5.41, 5.74) is 2.65. The predicted octanol–water partition coefficient (Wildman–Crippen LogP) is -0.424. The summed E-state index contributed by atoms with van der Waals surface area (Å²) < 4.78 is 13.9. The van der Waals surface area contributed by atoms with Crippen molar-refractivity contribution in [3.8, 4) is 11.5 Å². The number of aliphatic hydroxyl groups is 2. The van der Waals surface area contributed by atoms with E-state index in [0.717, 1.165) is 48.2 Å². The molecule has 2 unspecified atom stereocenters. The molecule has 2 N–H and O–H groups in total. The molecule has 5 rings (SSSR count). The van der Waals surface area contributed by atoms with Gasteiger partial charge >= 0.3 is 0 Å². The molecule has 8 heteroatoms. The molecule has 0 amide bonds. The maximum absolute atomic E-state index is 11.0. The van der Waals surface area contributed by atoms with Gasteiger partial charge in [-0.2, -0.15) is 0 Å². The number of ether oxygens (including phenoxy) is 2. The summed E-state index contributed by atoms with van der Waals surface area (Å²) in [5.74, 6) is 1.36. The van der Waals surface area contributed by atoms with E-state index in [0.29, 0.717) is 24.6 Å². The Balaban J connectivity index is 0.00000264. The second-order valence-corrected chi connectivity index (χ2v) is 12.8. The molecule has 3 aromatic carbocycles. The largest absolute Gasteiger partial charge is 1.00 e. The van der Waals surface area contributed by atoms with E-state index in [9.17, 15) is 10.2 Å². The van der Waals surface area contributed by atoms with Crippen LogP contribution in [0, 0.1) is 0 Å². The molecule has 44 heavy (non-hydrogen) atoms. The summed E-state index contributed by atoms with van der Waals surface area (Å²) >= 11 is 0. The number of aliphatic hydroxyl groups excluding tert-OH is 2. The monoisotopic (exact) mass is 644 g/mol. The fourth-order valence-corrected chi connectivity index (χ4v) is 7.16. The first kappa shape index (κ1) is 36.2. The molecule has 0 aliphatic carbocycles. The van der Waals surface area contributed by atoms with Crippen LogP contribution in [0.3, 0.4) is 0 Å². The molecule has 6 nitrogen and oxygen atoms in total. The Morgan fingerprint density at radius 3 is 1.30 bits per heavy atom. The van der Waals surface area contributed by atoms with Crippen LogP contribution in [0.4, 0.5) is 0 Å². The summed E-state index contributed by atoms with van der Waals surface area (Å²) in [5, 5.41) is 22.1. The van der Waals surface area contributed by atoms with Crippen molar-refractivity contribution in [1.29, 1.82) is 0 Å². The van der Waals surface area contributed by atoms with Gasteiger partial charge in [-0.25, -0.2) is 0 Å². The molecule has 0 radical (unpaired) electrons. The first-order valence-electron chi connectivity index (χ1n) is 16.0. The zero-order valence-electron chi connectivity index (χ0n) is 25.9. The lowest BCUT2D eigenvalue weighted by atomic mass is 10.0. The lowest BCUT2D eigenvalue weighted by molar-refractivity contribution is -0.947. The average molecular weight is 646 g/mol. The van der Waals surface area contributed by atoms with Gasteiger partial charge in [-0.05, 0) is 50.7 Å². The van der Waals surface area contributed by atoms with Gasteiger partial charge in [0, 0.05) is 17.2 Å². The van der Waals surface area contributed by atoms with Crippen LogP contribution in [0.15, 0.2) is 84.9 Å². The van der Waals surface area contributed by atoms with E-state index in [1.807, 2.05) is 24.3 Å². The highest BCUT2D eigenvalue weighted by Crippen LogP contribution is 2.26. The molecule has 0 spiro atoms. The number of likely N-dealkylation sites (tertiary alicyclic amines) is 2. The van der Waals surface area contributed by atoms with Crippen LogP contribution in [-0.4, -0.2) is 83.9 Å². The van der Waals surface area contributed by atoms with Crippen molar-refractivity contribution in [2.75, 3.05) is 52.5 Å².